The highest BCUT2D eigenvalue weighted by molar-refractivity contribution is 6.19. The van der Waals surface area contributed by atoms with E-state index >= 15 is 0 Å². The van der Waals surface area contributed by atoms with Crippen molar-refractivity contribution < 1.29 is 24.2 Å². The van der Waals surface area contributed by atoms with Gasteiger partial charge >= 0.3 is 11.9 Å². The van der Waals surface area contributed by atoms with Crippen LogP contribution in [0, 0.1) is 6.92 Å². The molecular formula is C13H14O5. The minimum absolute atomic E-state index is 0.339. The van der Waals surface area contributed by atoms with E-state index in [9.17, 15) is 14.7 Å². The minimum Gasteiger partial charge on any atom is -0.506 e. The summed E-state index contributed by atoms with van der Waals surface area (Å²) in [5.74, 6) is -2.35. The van der Waals surface area contributed by atoms with Gasteiger partial charge in [-0.2, -0.15) is 0 Å². The van der Waals surface area contributed by atoms with Crippen molar-refractivity contribution in [2.75, 3.05) is 14.2 Å². The molecular weight excluding hydrogens is 236 g/mol. The fourth-order valence-corrected chi connectivity index (χ4v) is 1.34. The molecule has 5 heteroatoms. The number of methoxy groups -OCH3 is 2. The summed E-state index contributed by atoms with van der Waals surface area (Å²) in [6, 6.07) is 6.68. The van der Waals surface area contributed by atoms with Crippen LogP contribution in [0.3, 0.4) is 0 Å². The van der Waals surface area contributed by atoms with Crippen molar-refractivity contribution in [1.29, 1.82) is 0 Å². The lowest BCUT2D eigenvalue weighted by atomic mass is 10.1. The minimum atomic E-state index is -0.945. The Morgan fingerprint density at radius 1 is 1.00 bits per heavy atom. The number of benzene rings is 1. The molecule has 0 fully saturated rings. The Morgan fingerprint density at radius 3 is 1.83 bits per heavy atom. The molecule has 5 nitrogen and oxygen atoms in total. The summed E-state index contributed by atoms with van der Waals surface area (Å²) in [5.41, 5.74) is 0.805. The van der Waals surface area contributed by atoms with E-state index in [0.717, 1.165) is 19.8 Å². The molecule has 0 heterocycles. The van der Waals surface area contributed by atoms with E-state index in [2.05, 4.69) is 9.47 Å². The molecule has 96 valence electrons. The van der Waals surface area contributed by atoms with E-state index in [-0.39, 0.29) is 0 Å². The molecule has 0 radical (unpaired) electrons. The Hall–Kier alpha value is -2.30. The second-order valence-electron chi connectivity index (χ2n) is 3.57. The number of hydrogen-bond acceptors (Lipinski definition) is 5. The molecule has 0 spiro atoms. The lowest BCUT2D eigenvalue weighted by Crippen LogP contribution is -2.18. The third kappa shape index (κ3) is 2.88. The third-order valence-electron chi connectivity index (χ3n) is 2.34. The molecule has 1 N–H and O–H groups in total. The Kier molecular flexibility index (Phi) is 4.48. The molecule has 0 saturated carbocycles. The van der Waals surface area contributed by atoms with E-state index in [4.69, 9.17) is 0 Å². The standard InChI is InChI=1S/C13H14O5/c1-8-4-6-9(7-5-8)11(14)10(12(15)17-2)13(16)18-3/h4-7,14H,1-3H3. The number of rotatable bonds is 3. The van der Waals surface area contributed by atoms with Crippen LogP contribution in [0.1, 0.15) is 11.1 Å². The number of carbonyl (C=O) groups is 2. The summed E-state index contributed by atoms with van der Waals surface area (Å²) in [6.07, 6.45) is 0. The largest absolute Gasteiger partial charge is 0.506 e. The number of aliphatic hydroxyl groups is 1. The van der Waals surface area contributed by atoms with Gasteiger partial charge in [0.15, 0.2) is 5.57 Å². The summed E-state index contributed by atoms with van der Waals surface area (Å²) in [5, 5.41) is 9.95. The van der Waals surface area contributed by atoms with E-state index in [1.807, 2.05) is 6.92 Å². The molecule has 0 amide bonds. The molecule has 18 heavy (non-hydrogen) atoms. The fourth-order valence-electron chi connectivity index (χ4n) is 1.34. The van der Waals surface area contributed by atoms with Crippen LogP contribution in [-0.4, -0.2) is 31.3 Å². The first kappa shape index (κ1) is 13.8. The van der Waals surface area contributed by atoms with Gasteiger partial charge in [-0.3, -0.25) is 0 Å². The van der Waals surface area contributed by atoms with Gasteiger partial charge in [-0.25, -0.2) is 9.59 Å². The smallest absolute Gasteiger partial charge is 0.349 e. The van der Waals surface area contributed by atoms with E-state index in [0.29, 0.717) is 5.56 Å². The van der Waals surface area contributed by atoms with Crippen molar-refractivity contribution in [2.24, 2.45) is 0 Å². The lowest BCUT2D eigenvalue weighted by Gasteiger charge is -2.07. The highest BCUT2D eigenvalue weighted by Gasteiger charge is 2.25. The van der Waals surface area contributed by atoms with Gasteiger partial charge in [-0.1, -0.05) is 29.8 Å². The summed E-state index contributed by atoms with van der Waals surface area (Å²) in [4.78, 5) is 22.9. The summed E-state index contributed by atoms with van der Waals surface area (Å²) in [7, 11) is 2.24. The third-order valence-corrected chi connectivity index (χ3v) is 2.34. The number of hydrogen-bond donors (Lipinski definition) is 1. The number of esters is 2. The Morgan fingerprint density at radius 2 is 1.44 bits per heavy atom. The van der Waals surface area contributed by atoms with Crippen molar-refractivity contribution in [1.82, 2.24) is 0 Å². The molecule has 1 aromatic carbocycles. The van der Waals surface area contributed by atoms with Crippen LogP contribution in [0.5, 0.6) is 0 Å². The van der Waals surface area contributed by atoms with Crippen LogP contribution >= 0.6 is 0 Å². The maximum atomic E-state index is 11.5. The van der Waals surface area contributed by atoms with Gasteiger partial charge in [0.1, 0.15) is 5.76 Å². The second kappa shape index (κ2) is 5.86. The number of aliphatic hydroxyl groups excluding tert-OH is 1. The average Bonchev–Trinajstić information content (AvgIpc) is 2.39. The molecule has 1 rings (SSSR count). The van der Waals surface area contributed by atoms with Crippen molar-refractivity contribution in [3.8, 4) is 0 Å². The number of aryl methyl sites for hydroxylation is 1. The van der Waals surface area contributed by atoms with Crippen LogP contribution in [0.4, 0.5) is 0 Å². The molecule has 0 unspecified atom stereocenters. The van der Waals surface area contributed by atoms with E-state index < -0.39 is 23.3 Å². The van der Waals surface area contributed by atoms with Gasteiger partial charge in [0, 0.05) is 5.56 Å². The van der Waals surface area contributed by atoms with Gasteiger partial charge in [-0.15, -0.1) is 0 Å². The normalized spacial score (nSPS) is 9.50. The van der Waals surface area contributed by atoms with Gasteiger partial charge in [0.05, 0.1) is 14.2 Å². The van der Waals surface area contributed by atoms with Gasteiger partial charge in [0.2, 0.25) is 0 Å². The zero-order valence-corrected chi connectivity index (χ0v) is 10.4. The van der Waals surface area contributed by atoms with Gasteiger partial charge < -0.3 is 14.6 Å². The topological polar surface area (TPSA) is 72.8 Å². The molecule has 1 aromatic rings. The summed E-state index contributed by atoms with van der Waals surface area (Å²) in [6.45, 7) is 1.88. The van der Waals surface area contributed by atoms with Gasteiger partial charge in [0.25, 0.3) is 0 Å². The first-order valence-corrected chi connectivity index (χ1v) is 5.18. The maximum absolute atomic E-state index is 11.5. The first-order chi connectivity index (χ1) is 8.51. The number of carbonyl (C=O) groups excluding carboxylic acids is 2. The maximum Gasteiger partial charge on any atom is 0.349 e. The van der Waals surface area contributed by atoms with E-state index in [1.165, 1.54) is 0 Å². The molecule has 0 aliphatic carbocycles. The monoisotopic (exact) mass is 250 g/mol. The summed E-state index contributed by atoms with van der Waals surface area (Å²) < 4.78 is 8.89. The van der Waals surface area contributed by atoms with Crippen LogP contribution in [0.15, 0.2) is 29.8 Å². The molecule has 0 bridgehead atoms. The predicted octanol–water partition coefficient (Wildman–Crippen LogP) is 1.61. The quantitative estimate of drug-likeness (QED) is 0.290. The van der Waals surface area contributed by atoms with Crippen molar-refractivity contribution in [2.45, 2.75) is 6.92 Å². The molecule has 0 aromatic heterocycles. The van der Waals surface area contributed by atoms with Crippen molar-refractivity contribution >= 4 is 17.7 Å². The van der Waals surface area contributed by atoms with Crippen LogP contribution in [0.2, 0.25) is 0 Å². The molecule has 0 saturated heterocycles. The fraction of sp³-hybridized carbons (Fsp3) is 0.231. The highest BCUT2D eigenvalue weighted by atomic mass is 16.5. The van der Waals surface area contributed by atoms with Crippen LogP contribution in [0.25, 0.3) is 5.76 Å². The lowest BCUT2D eigenvalue weighted by molar-refractivity contribution is -0.144. The summed E-state index contributed by atoms with van der Waals surface area (Å²) >= 11 is 0. The zero-order chi connectivity index (χ0) is 13.7. The second-order valence-corrected chi connectivity index (χ2v) is 3.57. The average molecular weight is 250 g/mol. The number of ether oxygens (including phenoxy) is 2. The van der Waals surface area contributed by atoms with Gasteiger partial charge in [-0.05, 0) is 6.92 Å². The molecule has 0 atom stereocenters. The highest BCUT2D eigenvalue weighted by Crippen LogP contribution is 2.18. The zero-order valence-electron chi connectivity index (χ0n) is 10.4. The Labute approximate surface area is 105 Å². The van der Waals surface area contributed by atoms with E-state index in [1.54, 1.807) is 24.3 Å². The predicted molar refractivity (Wildman–Crippen MR) is 64.8 cm³/mol. The Bertz CT molecular complexity index is 467. The van der Waals surface area contributed by atoms with Crippen LogP contribution < -0.4 is 0 Å². The Balaban J connectivity index is 3.30. The molecule has 0 aliphatic heterocycles. The van der Waals surface area contributed by atoms with Crippen molar-refractivity contribution in [3.05, 3.63) is 41.0 Å². The SMILES string of the molecule is COC(=O)C(C(=O)OC)=C(O)c1ccc(C)cc1. The molecule has 0 aliphatic rings. The van der Waals surface area contributed by atoms with Crippen LogP contribution in [-0.2, 0) is 19.1 Å². The first-order valence-electron chi connectivity index (χ1n) is 5.18. The van der Waals surface area contributed by atoms with Crippen molar-refractivity contribution in [3.63, 3.8) is 0 Å².